The maximum atomic E-state index is 11.7. The van der Waals surface area contributed by atoms with Crippen LogP contribution < -0.4 is 5.32 Å². The molecule has 12 heavy (non-hydrogen) atoms. The fraction of sp³-hybridized carbons (Fsp3) is 0.900. The van der Waals surface area contributed by atoms with E-state index < -0.39 is 0 Å². The van der Waals surface area contributed by atoms with Crippen molar-refractivity contribution in [3.8, 4) is 0 Å². The SMILES string of the molecule is CC(C)C1(C(=O)NC2CC2)CC1. The summed E-state index contributed by atoms with van der Waals surface area (Å²) in [6, 6.07) is 0.522. The number of rotatable bonds is 3. The van der Waals surface area contributed by atoms with Gasteiger partial charge in [0.25, 0.3) is 0 Å². The van der Waals surface area contributed by atoms with Gasteiger partial charge in [0.15, 0.2) is 0 Å². The lowest BCUT2D eigenvalue weighted by Crippen LogP contribution is -2.36. The third kappa shape index (κ3) is 1.23. The molecule has 2 aliphatic carbocycles. The first-order chi connectivity index (χ1) is 5.65. The molecule has 2 fully saturated rings. The second-order valence-corrected chi connectivity index (χ2v) is 4.56. The summed E-state index contributed by atoms with van der Waals surface area (Å²) in [5, 5.41) is 3.10. The van der Waals surface area contributed by atoms with Gasteiger partial charge in [-0.25, -0.2) is 0 Å². The summed E-state index contributed by atoms with van der Waals surface area (Å²) in [6.07, 6.45) is 4.59. The predicted molar refractivity (Wildman–Crippen MR) is 47.7 cm³/mol. The molecule has 2 nitrogen and oxygen atoms in total. The van der Waals surface area contributed by atoms with Crippen molar-refractivity contribution in [3.05, 3.63) is 0 Å². The van der Waals surface area contributed by atoms with Gasteiger partial charge in [0.1, 0.15) is 0 Å². The van der Waals surface area contributed by atoms with Gasteiger partial charge in [-0.3, -0.25) is 4.79 Å². The first-order valence-electron chi connectivity index (χ1n) is 4.96. The molecule has 0 aromatic heterocycles. The molecule has 0 unspecified atom stereocenters. The maximum Gasteiger partial charge on any atom is 0.226 e. The van der Waals surface area contributed by atoms with E-state index in [1.807, 2.05) is 0 Å². The van der Waals surface area contributed by atoms with E-state index >= 15 is 0 Å². The van der Waals surface area contributed by atoms with Crippen molar-refractivity contribution in [1.29, 1.82) is 0 Å². The minimum Gasteiger partial charge on any atom is -0.353 e. The smallest absolute Gasteiger partial charge is 0.226 e. The summed E-state index contributed by atoms with van der Waals surface area (Å²) in [5.74, 6) is 0.830. The molecule has 0 aromatic rings. The average Bonchev–Trinajstić information content (AvgIpc) is 2.83. The highest BCUT2D eigenvalue weighted by Gasteiger charge is 2.52. The van der Waals surface area contributed by atoms with Crippen LogP contribution in [0.2, 0.25) is 0 Å². The van der Waals surface area contributed by atoms with Crippen molar-refractivity contribution in [1.82, 2.24) is 5.32 Å². The van der Waals surface area contributed by atoms with Gasteiger partial charge in [-0.15, -0.1) is 0 Å². The summed E-state index contributed by atoms with van der Waals surface area (Å²) in [5.41, 5.74) is 0.0303. The van der Waals surface area contributed by atoms with Crippen LogP contribution in [-0.2, 0) is 4.79 Å². The number of hydrogen-bond donors (Lipinski definition) is 1. The van der Waals surface area contributed by atoms with E-state index in [9.17, 15) is 4.79 Å². The van der Waals surface area contributed by atoms with Gasteiger partial charge in [-0.2, -0.15) is 0 Å². The molecule has 0 spiro atoms. The second-order valence-electron chi connectivity index (χ2n) is 4.56. The highest BCUT2D eigenvalue weighted by Crippen LogP contribution is 2.52. The minimum absolute atomic E-state index is 0.0303. The van der Waals surface area contributed by atoms with Crippen LogP contribution in [0.25, 0.3) is 0 Å². The zero-order chi connectivity index (χ0) is 8.77. The molecule has 2 rings (SSSR count). The summed E-state index contributed by atoms with van der Waals surface area (Å²) in [7, 11) is 0. The lowest BCUT2D eigenvalue weighted by molar-refractivity contribution is -0.128. The molecule has 2 saturated carbocycles. The van der Waals surface area contributed by atoms with Crippen LogP contribution in [-0.4, -0.2) is 11.9 Å². The molecule has 0 bridgehead atoms. The molecule has 0 radical (unpaired) electrons. The number of nitrogens with one attached hydrogen (secondary N) is 1. The van der Waals surface area contributed by atoms with Crippen LogP contribution in [0.15, 0.2) is 0 Å². The fourth-order valence-corrected chi connectivity index (χ4v) is 1.76. The Labute approximate surface area is 73.7 Å². The summed E-state index contributed by atoms with van der Waals surface area (Å²) >= 11 is 0. The van der Waals surface area contributed by atoms with Crippen LogP contribution in [0, 0.1) is 11.3 Å². The zero-order valence-corrected chi connectivity index (χ0v) is 7.89. The van der Waals surface area contributed by atoms with E-state index in [2.05, 4.69) is 19.2 Å². The number of carbonyl (C=O) groups is 1. The second kappa shape index (κ2) is 2.48. The van der Waals surface area contributed by atoms with Crippen molar-refractivity contribution < 1.29 is 4.79 Å². The van der Waals surface area contributed by atoms with Crippen molar-refractivity contribution >= 4 is 5.91 Å². The van der Waals surface area contributed by atoms with Crippen LogP contribution in [0.3, 0.4) is 0 Å². The lowest BCUT2D eigenvalue weighted by Gasteiger charge is -2.18. The monoisotopic (exact) mass is 167 g/mol. The molecule has 0 aromatic carbocycles. The molecule has 2 heteroatoms. The third-order valence-corrected chi connectivity index (χ3v) is 3.26. The summed E-state index contributed by atoms with van der Waals surface area (Å²) in [6.45, 7) is 4.30. The van der Waals surface area contributed by atoms with Crippen LogP contribution in [0.5, 0.6) is 0 Å². The molecule has 1 amide bonds. The van der Waals surface area contributed by atoms with Gasteiger partial charge in [-0.05, 0) is 31.6 Å². The normalized spacial score (nSPS) is 25.6. The van der Waals surface area contributed by atoms with Crippen molar-refractivity contribution in [2.45, 2.75) is 45.6 Å². The van der Waals surface area contributed by atoms with Crippen molar-refractivity contribution in [2.75, 3.05) is 0 Å². The van der Waals surface area contributed by atoms with Crippen LogP contribution in [0.4, 0.5) is 0 Å². The zero-order valence-electron chi connectivity index (χ0n) is 7.89. The van der Waals surface area contributed by atoms with Gasteiger partial charge in [0, 0.05) is 6.04 Å². The highest BCUT2D eigenvalue weighted by atomic mass is 16.2. The number of hydrogen-bond acceptors (Lipinski definition) is 1. The predicted octanol–water partition coefficient (Wildman–Crippen LogP) is 1.70. The molecule has 0 aliphatic heterocycles. The molecular weight excluding hydrogens is 150 g/mol. The maximum absolute atomic E-state index is 11.7. The van der Waals surface area contributed by atoms with Gasteiger partial charge in [0.2, 0.25) is 5.91 Å². The Morgan fingerprint density at radius 3 is 2.33 bits per heavy atom. The number of amides is 1. The third-order valence-electron chi connectivity index (χ3n) is 3.26. The first kappa shape index (κ1) is 8.09. The van der Waals surface area contributed by atoms with E-state index in [0.717, 1.165) is 12.8 Å². The molecule has 2 aliphatic rings. The largest absolute Gasteiger partial charge is 0.353 e. The van der Waals surface area contributed by atoms with Gasteiger partial charge in [0.05, 0.1) is 5.41 Å². The Hall–Kier alpha value is -0.530. The Morgan fingerprint density at radius 2 is 2.00 bits per heavy atom. The fourth-order valence-electron chi connectivity index (χ4n) is 1.76. The Morgan fingerprint density at radius 1 is 1.42 bits per heavy atom. The van der Waals surface area contributed by atoms with Crippen LogP contribution >= 0.6 is 0 Å². The molecular formula is C10H17NO. The molecule has 1 N–H and O–H groups in total. The lowest BCUT2D eigenvalue weighted by atomic mass is 9.91. The summed E-state index contributed by atoms with van der Waals surface area (Å²) < 4.78 is 0. The Bertz CT molecular complexity index is 202. The van der Waals surface area contributed by atoms with Gasteiger partial charge in [-0.1, -0.05) is 13.8 Å². The standard InChI is InChI=1S/C10H17NO/c1-7(2)10(5-6-10)9(12)11-8-3-4-8/h7-8H,3-6H2,1-2H3,(H,11,12). The van der Waals surface area contributed by atoms with Crippen molar-refractivity contribution in [2.24, 2.45) is 11.3 Å². The van der Waals surface area contributed by atoms with Gasteiger partial charge >= 0.3 is 0 Å². The average molecular weight is 167 g/mol. The van der Waals surface area contributed by atoms with E-state index in [-0.39, 0.29) is 5.41 Å². The van der Waals surface area contributed by atoms with E-state index in [4.69, 9.17) is 0 Å². The Balaban J connectivity index is 1.93. The van der Waals surface area contributed by atoms with E-state index in [1.54, 1.807) is 0 Å². The van der Waals surface area contributed by atoms with Crippen LogP contribution in [0.1, 0.15) is 39.5 Å². The summed E-state index contributed by atoms with van der Waals surface area (Å²) in [4.78, 5) is 11.7. The topological polar surface area (TPSA) is 29.1 Å². The molecule has 68 valence electrons. The minimum atomic E-state index is 0.0303. The number of carbonyl (C=O) groups excluding carboxylic acids is 1. The quantitative estimate of drug-likeness (QED) is 0.681. The van der Waals surface area contributed by atoms with Crippen molar-refractivity contribution in [3.63, 3.8) is 0 Å². The van der Waals surface area contributed by atoms with E-state index in [0.29, 0.717) is 17.9 Å². The molecule has 0 heterocycles. The molecule has 0 atom stereocenters. The Kier molecular flexibility index (Phi) is 1.67. The first-order valence-corrected chi connectivity index (χ1v) is 4.96. The highest BCUT2D eigenvalue weighted by molar-refractivity contribution is 5.86. The van der Waals surface area contributed by atoms with E-state index in [1.165, 1.54) is 12.8 Å². The molecule has 0 saturated heterocycles. The van der Waals surface area contributed by atoms with Gasteiger partial charge < -0.3 is 5.32 Å².